The molecule has 0 unspecified atom stereocenters. The summed E-state index contributed by atoms with van der Waals surface area (Å²) in [6, 6.07) is 9.19. The molecule has 0 aliphatic carbocycles. The fourth-order valence-corrected chi connectivity index (χ4v) is 2.57. The highest BCUT2D eigenvalue weighted by atomic mass is 35.5. The summed E-state index contributed by atoms with van der Waals surface area (Å²) in [7, 11) is 0. The lowest BCUT2D eigenvalue weighted by Crippen LogP contribution is -2.31. The number of carbonyl (C=O) groups is 1. The Labute approximate surface area is 155 Å². The van der Waals surface area contributed by atoms with Crippen molar-refractivity contribution in [3.63, 3.8) is 0 Å². The van der Waals surface area contributed by atoms with E-state index in [4.69, 9.17) is 16.0 Å². The third kappa shape index (κ3) is 4.10. The van der Waals surface area contributed by atoms with Gasteiger partial charge in [-0.05, 0) is 38.1 Å². The van der Waals surface area contributed by atoms with Crippen LogP contribution in [-0.2, 0) is 4.79 Å². The fourth-order valence-electron chi connectivity index (χ4n) is 2.40. The zero-order valence-corrected chi connectivity index (χ0v) is 15.0. The Morgan fingerprint density at radius 2 is 2.04 bits per heavy atom. The number of amides is 1. The van der Waals surface area contributed by atoms with E-state index in [1.54, 1.807) is 12.1 Å². The van der Waals surface area contributed by atoms with Crippen molar-refractivity contribution in [1.82, 2.24) is 4.90 Å². The number of nitro groups is 1. The van der Waals surface area contributed by atoms with Crippen molar-refractivity contribution in [1.29, 1.82) is 5.26 Å². The van der Waals surface area contributed by atoms with Crippen LogP contribution in [0.25, 0.3) is 17.4 Å². The van der Waals surface area contributed by atoms with Crippen LogP contribution in [0.4, 0.5) is 5.69 Å². The molecule has 2 aromatic rings. The standard InChI is InChI=1S/C18H16ClN3O4/c1-3-21(4-2)18(23)12(11-20)9-14-6-8-17(26-14)15-7-5-13(19)10-16(15)22(24)25/h5-10H,3-4H2,1-2H3. The molecule has 1 aromatic heterocycles. The van der Waals surface area contributed by atoms with Gasteiger partial charge in [0.2, 0.25) is 0 Å². The van der Waals surface area contributed by atoms with Crippen LogP contribution in [0.3, 0.4) is 0 Å². The van der Waals surface area contributed by atoms with E-state index in [1.807, 2.05) is 19.9 Å². The number of halogens is 1. The summed E-state index contributed by atoms with van der Waals surface area (Å²) in [6.07, 6.45) is 1.33. The lowest BCUT2D eigenvalue weighted by molar-refractivity contribution is -0.384. The summed E-state index contributed by atoms with van der Waals surface area (Å²) in [4.78, 5) is 24.5. The van der Waals surface area contributed by atoms with Gasteiger partial charge in [0.25, 0.3) is 11.6 Å². The molecule has 0 atom stereocenters. The van der Waals surface area contributed by atoms with E-state index in [1.165, 1.54) is 29.2 Å². The normalized spacial score (nSPS) is 11.1. The van der Waals surface area contributed by atoms with Crippen molar-refractivity contribution in [3.8, 4) is 17.4 Å². The molecule has 134 valence electrons. The molecular formula is C18H16ClN3O4. The minimum Gasteiger partial charge on any atom is -0.456 e. The Bertz CT molecular complexity index is 907. The van der Waals surface area contributed by atoms with Gasteiger partial charge in [0, 0.05) is 30.3 Å². The molecule has 1 aromatic carbocycles. The summed E-state index contributed by atoms with van der Waals surface area (Å²) in [6.45, 7) is 4.60. The second-order valence-corrected chi connectivity index (χ2v) is 5.70. The van der Waals surface area contributed by atoms with Gasteiger partial charge in [-0.1, -0.05) is 11.6 Å². The molecule has 0 saturated carbocycles. The molecule has 0 saturated heterocycles. The maximum atomic E-state index is 12.3. The van der Waals surface area contributed by atoms with Crippen LogP contribution < -0.4 is 0 Å². The van der Waals surface area contributed by atoms with E-state index >= 15 is 0 Å². The van der Waals surface area contributed by atoms with E-state index in [9.17, 15) is 20.2 Å². The first-order chi connectivity index (χ1) is 12.4. The van der Waals surface area contributed by atoms with Crippen LogP contribution >= 0.6 is 11.6 Å². The molecule has 0 fully saturated rings. The van der Waals surface area contributed by atoms with Crippen molar-refractivity contribution in [3.05, 3.63) is 56.8 Å². The number of nitriles is 1. The first-order valence-electron chi connectivity index (χ1n) is 7.86. The van der Waals surface area contributed by atoms with Gasteiger partial charge in [0.05, 0.1) is 10.5 Å². The molecule has 7 nitrogen and oxygen atoms in total. The molecule has 0 spiro atoms. The van der Waals surface area contributed by atoms with Crippen molar-refractivity contribution in [2.45, 2.75) is 13.8 Å². The van der Waals surface area contributed by atoms with E-state index < -0.39 is 10.8 Å². The smallest absolute Gasteiger partial charge is 0.281 e. The molecule has 0 bridgehead atoms. The largest absolute Gasteiger partial charge is 0.456 e. The summed E-state index contributed by atoms with van der Waals surface area (Å²) in [5.74, 6) is 0.0985. The highest BCUT2D eigenvalue weighted by Gasteiger charge is 2.20. The predicted octanol–water partition coefficient (Wildman–Crippen LogP) is 4.28. The summed E-state index contributed by atoms with van der Waals surface area (Å²) in [5.41, 5.74) is -0.00469. The van der Waals surface area contributed by atoms with Gasteiger partial charge in [-0.2, -0.15) is 5.26 Å². The third-order valence-electron chi connectivity index (χ3n) is 3.74. The van der Waals surface area contributed by atoms with E-state index in [0.717, 1.165) is 0 Å². The number of nitrogens with zero attached hydrogens (tertiary/aromatic N) is 3. The summed E-state index contributed by atoms with van der Waals surface area (Å²) >= 11 is 5.81. The average Bonchev–Trinajstić information content (AvgIpc) is 3.08. The van der Waals surface area contributed by atoms with Gasteiger partial charge >= 0.3 is 0 Å². The van der Waals surface area contributed by atoms with Crippen LogP contribution in [0.15, 0.2) is 40.3 Å². The first kappa shape index (κ1) is 19.2. The van der Waals surface area contributed by atoms with Crippen LogP contribution in [-0.4, -0.2) is 28.8 Å². The van der Waals surface area contributed by atoms with Gasteiger partial charge in [-0.15, -0.1) is 0 Å². The number of hydrogen-bond acceptors (Lipinski definition) is 5. The molecule has 26 heavy (non-hydrogen) atoms. The zero-order chi connectivity index (χ0) is 19.3. The molecule has 1 amide bonds. The first-order valence-corrected chi connectivity index (χ1v) is 8.24. The number of furan rings is 1. The second-order valence-electron chi connectivity index (χ2n) is 5.27. The third-order valence-corrected chi connectivity index (χ3v) is 3.97. The molecular weight excluding hydrogens is 358 g/mol. The molecule has 0 radical (unpaired) electrons. The highest BCUT2D eigenvalue weighted by Crippen LogP contribution is 2.33. The molecule has 8 heteroatoms. The van der Waals surface area contributed by atoms with Gasteiger partial charge in [0.1, 0.15) is 23.2 Å². The lowest BCUT2D eigenvalue weighted by Gasteiger charge is -2.17. The van der Waals surface area contributed by atoms with Crippen molar-refractivity contribution < 1.29 is 14.1 Å². The predicted molar refractivity (Wildman–Crippen MR) is 97.3 cm³/mol. The van der Waals surface area contributed by atoms with E-state index in [2.05, 4.69) is 0 Å². The summed E-state index contributed by atoms with van der Waals surface area (Å²) < 4.78 is 5.58. The van der Waals surface area contributed by atoms with Crippen LogP contribution in [0, 0.1) is 21.4 Å². The quantitative estimate of drug-likeness (QED) is 0.325. The minimum absolute atomic E-state index is 0.0693. The lowest BCUT2D eigenvalue weighted by atomic mass is 10.1. The second kappa shape index (κ2) is 8.32. The van der Waals surface area contributed by atoms with Crippen molar-refractivity contribution in [2.24, 2.45) is 0 Å². The average molecular weight is 374 g/mol. The SMILES string of the molecule is CCN(CC)C(=O)C(C#N)=Cc1ccc(-c2ccc(Cl)cc2[N+](=O)[O-])o1. The Morgan fingerprint density at radius 1 is 1.35 bits per heavy atom. The zero-order valence-electron chi connectivity index (χ0n) is 14.2. The molecule has 0 N–H and O–H groups in total. The van der Waals surface area contributed by atoms with Gasteiger partial charge in [-0.25, -0.2) is 0 Å². The van der Waals surface area contributed by atoms with E-state index in [0.29, 0.717) is 13.1 Å². The molecule has 2 rings (SSSR count). The number of nitro benzene ring substituents is 1. The number of rotatable bonds is 6. The van der Waals surface area contributed by atoms with Crippen LogP contribution in [0.1, 0.15) is 19.6 Å². The Morgan fingerprint density at radius 3 is 2.62 bits per heavy atom. The molecule has 0 aliphatic rings. The maximum Gasteiger partial charge on any atom is 0.281 e. The van der Waals surface area contributed by atoms with Crippen LogP contribution in [0.5, 0.6) is 0 Å². The minimum atomic E-state index is -0.552. The van der Waals surface area contributed by atoms with Gasteiger partial charge < -0.3 is 9.32 Å². The molecule has 0 aliphatic heterocycles. The topological polar surface area (TPSA) is 100 Å². The Kier molecular flexibility index (Phi) is 6.15. The maximum absolute atomic E-state index is 12.3. The van der Waals surface area contributed by atoms with Crippen molar-refractivity contribution >= 4 is 29.3 Å². The number of carbonyl (C=O) groups excluding carboxylic acids is 1. The number of benzene rings is 1. The fraction of sp³-hybridized carbons (Fsp3) is 0.222. The van der Waals surface area contributed by atoms with E-state index in [-0.39, 0.29) is 33.4 Å². The number of likely N-dealkylation sites (N-methyl/N-ethyl adjacent to an activating group) is 1. The monoisotopic (exact) mass is 373 g/mol. The van der Waals surface area contributed by atoms with Crippen LogP contribution in [0.2, 0.25) is 5.02 Å². The summed E-state index contributed by atoms with van der Waals surface area (Å²) in [5, 5.41) is 20.7. The van der Waals surface area contributed by atoms with Gasteiger partial charge in [0.15, 0.2) is 0 Å². The Balaban J connectivity index is 2.40. The van der Waals surface area contributed by atoms with Crippen molar-refractivity contribution in [2.75, 3.05) is 13.1 Å². The Hall–Kier alpha value is -3.11. The molecule has 1 heterocycles. The number of hydrogen-bond donors (Lipinski definition) is 0. The van der Waals surface area contributed by atoms with Gasteiger partial charge in [-0.3, -0.25) is 14.9 Å². The highest BCUT2D eigenvalue weighted by molar-refractivity contribution is 6.30.